The largest absolute Gasteiger partial charge is 0.324 e. The molecule has 4 nitrogen and oxygen atoms in total. The minimum atomic E-state index is 0.254. The van der Waals surface area contributed by atoms with Gasteiger partial charge < -0.3 is 5.73 Å². The molecule has 2 N–H and O–H groups in total. The predicted molar refractivity (Wildman–Crippen MR) is 99.9 cm³/mol. The second-order valence-electron chi connectivity index (χ2n) is 6.83. The van der Waals surface area contributed by atoms with Crippen molar-refractivity contribution in [2.24, 2.45) is 5.73 Å². The number of fused-ring (bicyclic) bond motifs is 1. The smallest absolute Gasteiger partial charge is 0.154 e. The monoisotopic (exact) mass is 328 g/mol. The summed E-state index contributed by atoms with van der Waals surface area (Å²) in [5, 5.41) is 4.55. The molecule has 2 heterocycles. The Kier molecular flexibility index (Phi) is 3.31. The van der Waals surface area contributed by atoms with Crippen molar-refractivity contribution in [2.75, 3.05) is 0 Å². The number of allylic oxidation sites excluding steroid dienone is 3. The Morgan fingerprint density at radius 2 is 1.88 bits per heavy atom. The van der Waals surface area contributed by atoms with Crippen LogP contribution in [0.25, 0.3) is 22.5 Å². The Hall–Kier alpha value is -2.72. The summed E-state index contributed by atoms with van der Waals surface area (Å²) in [5.41, 5.74) is 14.6. The summed E-state index contributed by atoms with van der Waals surface area (Å²) < 4.78 is 1.95. The molecule has 1 aromatic carbocycles. The molecule has 0 aliphatic heterocycles. The molecule has 2 aromatic heterocycles. The van der Waals surface area contributed by atoms with Gasteiger partial charge in [0.2, 0.25) is 0 Å². The fraction of sp³-hybridized carbons (Fsp3) is 0.238. The molecule has 2 aliphatic rings. The fourth-order valence-corrected chi connectivity index (χ4v) is 4.10. The predicted octanol–water partition coefficient (Wildman–Crippen LogP) is 3.99. The average Bonchev–Trinajstić information content (AvgIpc) is 3.23. The van der Waals surface area contributed by atoms with E-state index in [1.165, 1.54) is 16.7 Å². The highest BCUT2D eigenvalue weighted by Crippen LogP contribution is 2.40. The normalized spacial score (nSPS) is 20.0. The van der Waals surface area contributed by atoms with E-state index in [0.29, 0.717) is 0 Å². The molecule has 0 saturated heterocycles. The Morgan fingerprint density at radius 1 is 1.00 bits per heavy atom. The first kappa shape index (κ1) is 14.6. The standard InChI is InChI=1S/C21H20N4/c22-18-11-9-15-13-16(8-10-17(15)18)20-21(14-5-2-1-3-6-14)25-19(24-20)7-4-12-23-25/h1-7,12-13,18H,8-11,22H2. The first-order valence-electron chi connectivity index (χ1n) is 8.89. The number of imidazole rings is 1. The first-order chi connectivity index (χ1) is 12.3. The number of benzene rings is 1. The third-order valence-electron chi connectivity index (χ3n) is 5.34. The molecule has 0 spiro atoms. The first-order valence-corrected chi connectivity index (χ1v) is 8.89. The third kappa shape index (κ3) is 2.33. The van der Waals surface area contributed by atoms with Gasteiger partial charge in [0.25, 0.3) is 0 Å². The molecule has 1 atom stereocenters. The van der Waals surface area contributed by atoms with Gasteiger partial charge in [-0.1, -0.05) is 36.4 Å². The van der Waals surface area contributed by atoms with Crippen LogP contribution in [0.5, 0.6) is 0 Å². The van der Waals surface area contributed by atoms with E-state index < -0.39 is 0 Å². The average molecular weight is 328 g/mol. The lowest BCUT2D eigenvalue weighted by Crippen LogP contribution is -2.19. The molecular formula is C21H20N4. The maximum atomic E-state index is 6.24. The van der Waals surface area contributed by atoms with Crippen molar-refractivity contribution < 1.29 is 0 Å². The Labute approximate surface area is 146 Å². The highest BCUT2D eigenvalue weighted by Gasteiger charge is 2.27. The number of nitrogens with two attached hydrogens (primary N) is 1. The Bertz CT molecular complexity index is 1010. The zero-order valence-electron chi connectivity index (χ0n) is 14.0. The molecule has 1 unspecified atom stereocenters. The van der Waals surface area contributed by atoms with E-state index in [4.69, 9.17) is 10.7 Å². The van der Waals surface area contributed by atoms with Crippen LogP contribution >= 0.6 is 0 Å². The van der Waals surface area contributed by atoms with E-state index in [1.807, 2.05) is 28.9 Å². The molecule has 5 rings (SSSR count). The molecular weight excluding hydrogens is 308 g/mol. The molecule has 0 bridgehead atoms. The third-order valence-corrected chi connectivity index (χ3v) is 5.34. The van der Waals surface area contributed by atoms with Gasteiger partial charge in [-0.15, -0.1) is 0 Å². The molecule has 4 heteroatoms. The second-order valence-corrected chi connectivity index (χ2v) is 6.83. The van der Waals surface area contributed by atoms with Crippen LogP contribution < -0.4 is 5.73 Å². The van der Waals surface area contributed by atoms with Crippen molar-refractivity contribution in [1.29, 1.82) is 0 Å². The van der Waals surface area contributed by atoms with Crippen LogP contribution in [-0.2, 0) is 0 Å². The van der Waals surface area contributed by atoms with Gasteiger partial charge in [-0.3, -0.25) is 0 Å². The minimum absolute atomic E-state index is 0.254. The van der Waals surface area contributed by atoms with Crippen molar-refractivity contribution in [1.82, 2.24) is 14.6 Å². The number of aromatic nitrogens is 3. The van der Waals surface area contributed by atoms with Crippen LogP contribution in [0.3, 0.4) is 0 Å². The summed E-state index contributed by atoms with van der Waals surface area (Å²) in [5.74, 6) is 0. The van der Waals surface area contributed by atoms with E-state index in [1.54, 1.807) is 0 Å². The molecule has 0 fully saturated rings. The van der Waals surface area contributed by atoms with Crippen molar-refractivity contribution in [3.8, 4) is 11.3 Å². The highest BCUT2D eigenvalue weighted by molar-refractivity contribution is 5.82. The van der Waals surface area contributed by atoms with E-state index in [2.05, 4.69) is 35.4 Å². The van der Waals surface area contributed by atoms with Crippen LogP contribution in [0.15, 0.2) is 65.9 Å². The van der Waals surface area contributed by atoms with Crippen LogP contribution in [0, 0.1) is 0 Å². The highest BCUT2D eigenvalue weighted by atomic mass is 15.3. The number of hydrogen-bond donors (Lipinski definition) is 1. The Balaban J connectivity index is 1.72. The summed E-state index contributed by atoms with van der Waals surface area (Å²) in [6.07, 6.45) is 8.36. The maximum Gasteiger partial charge on any atom is 0.154 e. The molecule has 3 aromatic rings. The van der Waals surface area contributed by atoms with Crippen LogP contribution in [0.2, 0.25) is 0 Å². The maximum absolute atomic E-state index is 6.24. The van der Waals surface area contributed by atoms with E-state index in [9.17, 15) is 0 Å². The summed E-state index contributed by atoms with van der Waals surface area (Å²) >= 11 is 0. The van der Waals surface area contributed by atoms with Gasteiger partial charge >= 0.3 is 0 Å². The van der Waals surface area contributed by atoms with Gasteiger partial charge in [0.1, 0.15) is 5.69 Å². The minimum Gasteiger partial charge on any atom is -0.324 e. The van der Waals surface area contributed by atoms with Crippen molar-refractivity contribution in [2.45, 2.75) is 31.7 Å². The van der Waals surface area contributed by atoms with Crippen molar-refractivity contribution >= 4 is 11.2 Å². The van der Waals surface area contributed by atoms with Gasteiger partial charge in [-0.2, -0.15) is 5.10 Å². The SMILES string of the molecule is NC1CCC2=C1CCC(c1nc3cccnn3c1-c1ccccc1)=C2. The van der Waals surface area contributed by atoms with Crippen molar-refractivity contribution in [3.63, 3.8) is 0 Å². The van der Waals surface area contributed by atoms with Crippen LogP contribution in [-0.4, -0.2) is 20.6 Å². The lowest BCUT2D eigenvalue weighted by atomic mass is 9.90. The van der Waals surface area contributed by atoms with Crippen LogP contribution in [0.1, 0.15) is 31.4 Å². The van der Waals surface area contributed by atoms with Gasteiger partial charge in [0.05, 0.1) is 5.69 Å². The van der Waals surface area contributed by atoms with Gasteiger partial charge in [0, 0.05) is 17.8 Å². The fourth-order valence-electron chi connectivity index (χ4n) is 4.10. The molecule has 0 saturated carbocycles. The van der Waals surface area contributed by atoms with Crippen molar-refractivity contribution in [3.05, 3.63) is 71.6 Å². The van der Waals surface area contributed by atoms with E-state index >= 15 is 0 Å². The lowest BCUT2D eigenvalue weighted by molar-refractivity contribution is 0.724. The molecule has 124 valence electrons. The molecule has 25 heavy (non-hydrogen) atoms. The molecule has 0 amide bonds. The van der Waals surface area contributed by atoms with Gasteiger partial charge in [-0.05, 0) is 54.5 Å². The summed E-state index contributed by atoms with van der Waals surface area (Å²) in [6, 6.07) is 14.6. The van der Waals surface area contributed by atoms with E-state index in [0.717, 1.165) is 48.3 Å². The zero-order chi connectivity index (χ0) is 16.8. The second kappa shape index (κ2) is 5.67. The Morgan fingerprint density at radius 3 is 2.76 bits per heavy atom. The molecule has 2 aliphatic carbocycles. The quantitative estimate of drug-likeness (QED) is 0.774. The summed E-state index contributed by atoms with van der Waals surface area (Å²) in [4.78, 5) is 4.92. The van der Waals surface area contributed by atoms with Gasteiger partial charge in [-0.25, -0.2) is 9.50 Å². The van der Waals surface area contributed by atoms with E-state index in [-0.39, 0.29) is 6.04 Å². The summed E-state index contributed by atoms with van der Waals surface area (Å²) in [7, 11) is 0. The van der Waals surface area contributed by atoms with Crippen LogP contribution in [0.4, 0.5) is 0 Å². The number of hydrogen-bond acceptors (Lipinski definition) is 3. The van der Waals surface area contributed by atoms with Gasteiger partial charge in [0.15, 0.2) is 5.65 Å². The molecule has 0 radical (unpaired) electrons. The zero-order valence-corrected chi connectivity index (χ0v) is 14.0. The number of rotatable bonds is 2. The lowest BCUT2D eigenvalue weighted by Gasteiger charge is -2.17. The number of nitrogens with zero attached hydrogens (tertiary/aromatic N) is 3. The topological polar surface area (TPSA) is 56.2 Å². The summed E-state index contributed by atoms with van der Waals surface area (Å²) in [6.45, 7) is 0.